The Hall–Kier alpha value is -0.120. The molecule has 0 aromatic heterocycles. The van der Waals surface area contributed by atoms with E-state index in [0.717, 1.165) is 32.5 Å². The molecule has 0 amide bonds. The number of nitrogens with zero attached hydrogens (tertiary/aromatic N) is 1. The van der Waals surface area contributed by atoms with Crippen molar-refractivity contribution >= 4 is 0 Å². The summed E-state index contributed by atoms with van der Waals surface area (Å²) < 4.78 is 0. The van der Waals surface area contributed by atoms with E-state index in [0.29, 0.717) is 12.0 Å². The highest BCUT2D eigenvalue weighted by Crippen LogP contribution is 2.26. The van der Waals surface area contributed by atoms with E-state index in [1.807, 2.05) is 0 Å². The van der Waals surface area contributed by atoms with Gasteiger partial charge in [-0.05, 0) is 57.7 Å². The average Bonchev–Trinajstić information content (AvgIpc) is 2.40. The lowest BCUT2D eigenvalue weighted by molar-refractivity contribution is 0.153. The van der Waals surface area contributed by atoms with E-state index >= 15 is 0 Å². The second-order valence-corrected chi connectivity index (χ2v) is 5.51. The fraction of sp³-hybridized carbons (Fsp3) is 1.00. The Kier molecular flexibility index (Phi) is 10.7. The molecule has 0 aromatic rings. The molecule has 0 saturated carbocycles. The standard InChI is InChI=1S/C15H34N2O/c1-5-15(6-2,13-16-7-3)14-17(4)11-9-8-10-12-18/h16,18H,5-14H2,1-4H3. The Bertz CT molecular complexity index is 181. The quantitative estimate of drug-likeness (QED) is 0.528. The summed E-state index contributed by atoms with van der Waals surface area (Å²) in [4.78, 5) is 2.46. The van der Waals surface area contributed by atoms with Crippen molar-refractivity contribution in [1.29, 1.82) is 0 Å². The molecule has 0 bridgehead atoms. The van der Waals surface area contributed by atoms with Crippen molar-refractivity contribution < 1.29 is 5.11 Å². The summed E-state index contributed by atoms with van der Waals surface area (Å²) in [7, 11) is 2.23. The summed E-state index contributed by atoms with van der Waals surface area (Å²) in [5.41, 5.74) is 0.418. The Morgan fingerprint density at radius 3 is 2.22 bits per heavy atom. The number of aliphatic hydroxyl groups excluding tert-OH is 1. The number of nitrogens with one attached hydrogen (secondary N) is 1. The molecule has 0 fully saturated rings. The van der Waals surface area contributed by atoms with Crippen LogP contribution in [0.25, 0.3) is 0 Å². The predicted molar refractivity (Wildman–Crippen MR) is 80.0 cm³/mol. The van der Waals surface area contributed by atoms with Gasteiger partial charge in [0.05, 0.1) is 0 Å². The highest BCUT2D eigenvalue weighted by Gasteiger charge is 2.26. The van der Waals surface area contributed by atoms with Gasteiger partial charge in [-0.15, -0.1) is 0 Å². The van der Waals surface area contributed by atoms with Crippen LogP contribution in [0.5, 0.6) is 0 Å². The molecule has 0 atom stereocenters. The first-order valence-electron chi connectivity index (χ1n) is 7.64. The molecule has 0 saturated heterocycles. The molecular weight excluding hydrogens is 224 g/mol. The van der Waals surface area contributed by atoms with Crippen LogP contribution in [0.3, 0.4) is 0 Å². The van der Waals surface area contributed by atoms with Gasteiger partial charge in [0.2, 0.25) is 0 Å². The van der Waals surface area contributed by atoms with Crippen LogP contribution in [-0.4, -0.2) is 49.8 Å². The molecule has 18 heavy (non-hydrogen) atoms. The molecule has 0 rings (SSSR count). The van der Waals surface area contributed by atoms with E-state index in [-0.39, 0.29) is 0 Å². The molecule has 0 aliphatic heterocycles. The number of hydrogen-bond donors (Lipinski definition) is 2. The van der Waals surface area contributed by atoms with E-state index in [2.05, 4.69) is 38.0 Å². The molecule has 0 heterocycles. The van der Waals surface area contributed by atoms with Crippen molar-refractivity contribution in [3.63, 3.8) is 0 Å². The maximum Gasteiger partial charge on any atom is 0.0431 e. The second kappa shape index (κ2) is 10.8. The van der Waals surface area contributed by atoms with Crippen molar-refractivity contribution in [3.8, 4) is 0 Å². The molecule has 2 N–H and O–H groups in total. The number of aliphatic hydroxyl groups is 1. The van der Waals surface area contributed by atoms with Gasteiger partial charge in [0.15, 0.2) is 0 Å². The third-order valence-electron chi connectivity index (χ3n) is 4.05. The van der Waals surface area contributed by atoms with Gasteiger partial charge >= 0.3 is 0 Å². The van der Waals surface area contributed by atoms with Gasteiger partial charge in [-0.3, -0.25) is 0 Å². The van der Waals surface area contributed by atoms with Gasteiger partial charge in [0, 0.05) is 19.7 Å². The lowest BCUT2D eigenvalue weighted by Crippen LogP contribution is -2.42. The zero-order valence-electron chi connectivity index (χ0n) is 13.0. The van der Waals surface area contributed by atoms with Crippen molar-refractivity contribution in [2.75, 3.05) is 39.8 Å². The molecule has 0 aliphatic rings. The van der Waals surface area contributed by atoms with Gasteiger partial charge < -0.3 is 15.3 Å². The fourth-order valence-corrected chi connectivity index (χ4v) is 2.49. The van der Waals surface area contributed by atoms with Crippen molar-refractivity contribution in [3.05, 3.63) is 0 Å². The maximum absolute atomic E-state index is 8.77. The van der Waals surface area contributed by atoms with Crippen molar-refractivity contribution in [1.82, 2.24) is 10.2 Å². The first-order chi connectivity index (χ1) is 8.64. The number of hydrogen-bond acceptors (Lipinski definition) is 3. The van der Waals surface area contributed by atoms with Gasteiger partial charge in [-0.25, -0.2) is 0 Å². The van der Waals surface area contributed by atoms with Crippen LogP contribution in [0.2, 0.25) is 0 Å². The topological polar surface area (TPSA) is 35.5 Å². The normalized spacial score (nSPS) is 12.3. The van der Waals surface area contributed by atoms with Crippen molar-refractivity contribution in [2.45, 2.75) is 52.9 Å². The third-order valence-corrected chi connectivity index (χ3v) is 4.05. The molecule has 0 aromatic carbocycles. The zero-order valence-corrected chi connectivity index (χ0v) is 13.0. The van der Waals surface area contributed by atoms with E-state index < -0.39 is 0 Å². The molecule has 110 valence electrons. The Morgan fingerprint density at radius 1 is 1.06 bits per heavy atom. The molecule has 3 heteroatoms. The summed E-state index contributed by atoms with van der Waals surface area (Å²) in [5.74, 6) is 0. The van der Waals surface area contributed by atoms with Crippen LogP contribution in [-0.2, 0) is 0 Å². The van der Waals surface area contributed by atoms with Crippen LogP contribution < -0.4 is 5.32 Å². The summed E-state index contributed by atoms with van der Waals surface area (Å²) in [6.45, 7) is 11.6. The van der Waals surface area contributed by atoms with Gasteiger partial charge in [-0.1, -0.05) is 20.8 Å². The SMILES string of the molecule is CCNCC(CC)(CC)CN(C)CCCCCO. The minimum atomic E-state index is 0.331. The Balaban J connectivity index is 4.05. The van der Waals surface area contributed by atoms with Gasteiger partial charge in [0.1, 0.15) is 0 Å². The first-order valence-corrected chi connectivity index (χ1v) is 7.64. The van der Waals surface area contributed by atoms with E-state index in [9.17, 15) is 0 Å². The second-order valence-electron chi connectivity index (χ2n) is 5.51. The number of rotatable bonds is 12. The van der Waals surface area contributed by atoms with Crippen LogP contribution in [0.4, 0.5) is 0 Å². The lowest BCUT2D eigenvalue weighted by Gasteiger charge is -2.36. The maximum atomic E-state index is 8.77. The minimum absolute atomic E-state index is 0.331. The van der Waals surface area contributed by atoms with E-state index in [1.165, 1.54) is 25.8 Å². The molecule has 0 spiro atoms. The predicted octanol–water partition coefficient (Wildman–Crippen LogP) is 2.50. The van der Waals surface area contributed by atoms with Crippen molar-refractivity contribution in [2.24, 2.45) is 5.41 Å². The fourth-order valence-electron chi connectivity index (χ4n) is 2.49. The molecule has 0 unspecified atom stereocenters. The Morgan fingerprint density at radius 2 is 1.72 bits per heavy atom. The van der Waals surface area contributed by atoms with Crippen LogP contribution in [0.1, 0.15) is 52.9 Å². The summed E-state index contributed by atoms with van der Waals surface area (Å²) in [6.07, 6.45) is 5.74. The molecular formula is C15H34N2O. The zero-order chi connectivity index (χ0) is 13.9. The number of unbranched alkanes of at least 4 members (excludes halogenated alkanes) is 2. The monoisotopic (exact) mass is 258 g/mol. The Labute approximate surface area is 114 Å². The van der Waals surface area contributed by atoms with Gasteiger partial charge in [0.25, 0.3) is 0 Å². The largest absolute Gasteiger partial charge is 0.396 e. The minimum Gasteiger partial charge on any atom is -0.396 e. The lowest BCUT2D eigenvalue weighted by atomic mass is 9.81. The van der Waals surface area contributed by atoms with Crippen LogP contribution in [0, 0.1) is 5.41 Å². The summed E-state index contributed by atoms with van der Waals surface area (Å²) >= 11 is 0. The van der Waals surface area contributed by atoms with Crippen LogP contribution in [0.15, 0.2) is 0 Å². The van der Waals surface area contributed by atoms with Gasteiger partial charge in [-0.2, -0.15) is 0 Å². The first kappa shape index (κ1) is 17.9. The van der Waals surface area contributed by atoms with Crippen LogP contribution >= 0.6 is 0 Å². The molecule has 0 aliphatic carbocycles. The molecule has 0 radical (unpaired) electrons. The van der Waals surface area contributed by atoms with E-state index in [4.69, 9.17) is 5.11 Å². The highest BCUT2D eigenvalue weighted by molar-refractivity contribution is 4.82. The average molecular weight is 258 g/mol. The summed E-state index contributed by atoms with van der Waals surface area (Å²) in [5, 5.41) is 12.3. The molecule has 3 nitrogen and oxygen atoms in total. The third kappa shape index (κ3) is 7.34. The highest BCUT2D eigenvalue weighted by atomic mass is 16.2. The van der Waals surface area contributed by atoms with E-state index in [1.54, 1.807) is 0 Å². The smallest absolute Gasteiger partial charge is 0.0431 e. The summed E-state index contributed by atoms with van der Waals surface area (Å²) in [6, 6.07) is 0.